The molecule has 166 valence electrons. The van der Waals surface area contributed by atoms with E-state index < -0.39 is 10.0 Å². The Morgan fingerprint density at radius 2 is 1.84 bits per heavy atom. The normalized spacial score (nSPS) is 16.7. The van der Waals surface area contributed by atoms with Crippen molar-refractivity contribution in [3.8, 4) is 0 Å². The van der Waals surface area contributed by atoms with Crippen LogP contribution in [-0.4, -0.2) is 44.8 Å². The zero-order chi connectivity index (χ0) is 22.4. The summed E-state index contributed by atoms with van der Waals surface area (Å²) in [6.07, 6.45) is 1.51. The number of carbonyl (C=O) groups excluding carboxylic acids is 2. The standard InChI is InChI=1S/C23H29N3O4S/c1-17(2)15-24-22(27)19-9-7-13-26(16-19)23(28)18-8-6-10-20(14-18)25-31(29,30)21-11-4-3-5-12-21/h3-6,8,10-12,14,17,19,25H,7,9,13,15-16H2,1-2H3,(H,24,27)/t19-/m1/s1. The Kier molecular flexibility index (Phi) is 7.33. The van der Waals surface area contributed by atoms with E-state index in [9.17, 15) is 18.0 Å². The molecule has 0 aliphatic carbocycles. The minimum absolute atomic E-state index is 0.0180. The maximum absolute atomic E-state index is 13.0. The van der Waals surface area contributed by atoms with Crippen molar-refractivity contribution in [3.63, 3.8) is 0 Å². The summed E-state index contributed by atoms with van der Waals surface area (Å²) >= 11 is 0. The van der Waals surface area contributed by atoms with Gasteiger partial charge in [-0.25, -0.2) is 8.42 Å². The van der Waals surface area contributed by atoms with E-state index in [4.69, 9.17) is 0 Å². The molecule has 0 spiro atoms. The van der Waals surface area contributed by atoms with Gasteiger partial charge in [-0.2, -0.15) is 0 Å². The van der Waals surface area contributed by atoms with E-state index in [1.54, 1.807) is 41.3 Å². The molecule has 2 amide bonds. The average Bonchev–Trinajstić information content (AvgIpc) is 2.77. The van der Waals surface area contributed by atoms with Gasteiger partial charge in [0.1, 0.15) is 0 Å². The molecule has 1 atom stereocenters. The van der Waals surface area contributed by atoms with Crippen molar-refractivity contribution in [1.82, 2.24) is 10.2 Å². The molecule has 1 aliphatic heterocycles. The second-order valence-corrected chi connectivity index (χ2v) is 9.91. The number of likely N-dealkylation sites (tertiary alicyclic amines) is 1. The van der Waals surface area contributed by atoms with Gasteiger partial charge in [0.2, 0.25) is 5.91 Å². The van der Waals surface area contributed by atoms with Crippen LogP contribution in [0.3, 0.4) is 0 Å². The lowest BCUT2D eigenvalue weighted by Gasteiger charge is -2.32. The molecule has 0 saturated carbocycles. The maximum atomic E-state index is 13.0. The van der Waals surface area contributed by atoms with E-state index in [0.717, 1.165) is 12.8 Å². The molecule has 2 aromatic carbocycles. The first-order valence-corrected chi connectivity index (χ1v) is 12.0. The third-order valence-electron chi connectivity index (χ3n) is 5.18. The van der Waals surface area contributed by atoms with Crippen LogP contribution in [0.1, 0.15) is 37.0 Å². The third-order valence-corrected chi connectivity index (χ3v) is 6.58. The number of hydrogen-bond donors (Lipinski definition) is 2. The van der Waals surface area contributed by atoms with Crippen LogP contribution in [0.2, 0.25) is 0 Å². The topological polar surface area (TPSA) is 95.6 Å². The Bertz CT molecular complexity index is 1020. The molecular weight excluding hydrogens is 414 g/mol. The lowest BCUT2D eigenvalue weighted by atomic mass is 9.96. The van der Waals surface area contributed by atoms with E-state index in [2.05, 4.69) is 10.0 Å². The molecule has 0 aromatic heterocycles. The summed E-state index contributed by atoms with van der Waals surface area (Å²) in [6, 6.07) is 14.5. The Morgan fingerprint density at radius 3 is 2.55 bits per heavy atom. The molecule has 2 aromatic rings. The molecule has 8 heteroatoms. The van der Waals surface area contributed by atoms with E-state index in [-0.39, 0.29) is 22.6 Å². The van der Waals surface area contributed by atoms with Crippen molar-refractivity contribution in [2.75, 3.05) is 24.4 Å². The van der Waals surface area contributed by atoms with E-state index in [1.165, 1.54) is 18.2 Å². The largest absolute Gasteiger partial charge is 0.356 e. The van der Waals surface area contributed by atoms with Crippen molar-refractivity contribution in [1.29, 1.82) is 0 Å². The van der Waals surface area contributed by atoms with Crippen LogP contribution in [0.5, 0.6) is 0 Å². The number of benzene rings is 2. The molecule has 7 nitrogen and oxygen atoms in total. The van der Waals surface area contributed by atoms with Gasteiger partial charge < -0.3 is 10.2 Å². The van der Waals surface area contributed by atoms with Crippen molar-refractivity contribution < 1.29 is 18.0 Å². The van der Waals surface area contributed by atoms with E-state index in [1.807, 2.05) is 13.8 Å². The van der Waals surface area contributed by atoms with Gasteiger partial charge in [-0.15, -0.1) is 0 Å². The van der Waals surface area contributed by atoms with Crippen molar-refractivity contribution in [2.45, 2.75) is 31.6 Å². The highest BCUT2D eigenvalue weighted by Crippen LogP contribution is 2.22. The van der Waals surface area contributed by atoms with Gasteiger partial charge in [0, 0.05) is 30.9 Å². The molecule has 0 unspecified atom stereocenters. The van der Waals surface area contributed by atoms with Crippen LogP contribution < -0.4 is 10.0 Å². The second-order valence-electron chi connectivity index (χ2n) is 8.23. The molecule has 3 rings (SSSR count). The summed E-state index contributed by atoms with van der Waals surface area (Å²) in [7, 11) is -3.74. The molecule has 31 heavy (non-hydrogen) atoms. The molecule has 1 aliphatic rings. The number of hydrogen-bond acceptors (Lipinski definition) is 4. The van der Waals surface area contributed by atoms with Crippen molar-refractivity contribution >= 4 is 27.5 Å². The monoisotopic (exact) mass is 443 g/mol. The number of nitrogens with zero attached hydrogens (tertiary/aromatic N) is 1. The summed E-state index contributed by atoms with van der Waals surface area (Å²) in [5, 5.41) is 2.95. The molecule has 2 N–H and O–H groups in total. The number of amides is 2. The van der Waals surface area contributed by atoms with Crippen LogP contribution in [0.15, 0.2) is 59.5 Å². The van der Waals surface area contributed by atoms with Crippen LogP contribution in [-0.2, 0) is 14.8 Å². The highest BCUT2D eigenvalue weighted by atomic mass is 32.2. The minimum atomic E-state index is -3.74. The number of rotatable bonds is 7. The number of piperidine rings is 1. The number of sulfonamides is 1. The van der Waals surface area contributed by atoms with Gasteiger partial charge in [-0.05, 0) is 49.1 Å². The smallest absolute Gasteiger partial charge is 0.261 e. The maximum Gasteiger partial charge on any atom is 0.261 e. The van der Waals surface area contributed by atoms with Gasteiger partial charge in [0.15, 0.2) is 0 Å². The van der Waals surface area contributed by atoms with E-state index in [0.29, 0.717) is 36.8 Å². The lowest BCUT2D eigenvalue weighted by Crippen LogP contribution is -2.46. The fourth-order valence-electron chi connectivity index (χ4n) is 3.54. The first-order valence-electron chi connectivity index (χ1n) is 10.5. The highest BCUT2D eigenvalue weighted by molar-refractivity contribution is 7.92. The second kappa shape index (κ2) is 9.96. The minimum Gasteiger partial charge on any atom is -0.356 e. The zero-order valence-electron chi connectivity index (χ0n) is 17.9. The first kappa shape index (κ1) is 22.8. The predicted molar refractivity (Wildman–Crippen MR) is 120 cm³/mol. The van der Waals surface area contributed by atoms with Gasteiger partial charge in [0.25, 0.3) is 15.9 Å². The molecule has 0 bridgehead atoms. The van der Waals surface area contributed by atoms with Crippen molar-refractivity contribution in [2.24, 2.45) is 11.8 Å². The number of carbonyl (C=O) groups is 2. The Labute approximate surface area is 183 Å². The molecule has 0 radical (unpaired) electrons. The number of nitrogens with one attached hydrogen (secondary N) is 2. The van der Waals surface area contributed by atoms with E-state index >= 15 is 0 Å². The summed E-state index contributed by atoms with van der Waals surface area (Å²) in [6.45, 7) is 5.63. The predicted octanol–water partition coefficient (Wildman–Crippen LogP) is 3.11. The zero-order valence-corrected chi connectivity index (χ0v) is 18.7. The third kappa shape index (κ3) is 6.07. The number of anilines is 1. The fourth-order valence-corrected chi connectivity index (χ4v) is 4.61. The van der Waals surface area contributed by atoms with Crippen LogP contribution in [0.4, 0.5) is 5.69 Å². The van der Waals surface area contributed by atoms with Gasteiger partial charge in [0.05, 0.1) is 10.8 Å². The Hall–Kier alpha value is -2.87. The van der Waals surface area contributed by atoms with Crippen molar-refractivity contribution in [3.05, 3.63) is 60.2 Å². The SMILES string of the molecule is CC(C)CNC(=O)[C@@H]1CCCN(C(=O)c2cccc(NS(=O)(=O)c3ccccc3)c2)C1. The Balaban J connectivity index is 1.69. The first-order chi connectivity index (χ1) is 14.8. The van der Waals surface area contributed by atoms with Crippen LogP contribution in [0, 0.1) is 11.8 Å². The molecular formula is C23H29N3O4S. The summed E-state index contributed by atoms with van der Waals surface area (Å²) in [5.41, 5.74) is 0.703. The molecule has 1 fully saturated rings. The van der Waals surface area contributed by atoms with Gasteiger partial charge in [-0.1, -0.05) is 38.1 Å². The summed E-state index contributed by atoms with van der Waals surface area (Å²) in [5.74, 6) is -0.0819. The highest BCUT2D eigenvalue weighted by Gasteiger charge is 2.29. The van der Waals surface area contributed by atoms with Crippen LogP contribution in [0.25, 0.3) is 0 Å². The molecule has 1 heterocycles. The Morgan fingerprint density at radius 1 is 1.10 bits per heavy atom. The summed E-state index contributed by atoms with van der Waals surface area (Å²) < 4.78 is 27.6. The lowest BCUT2D eigenvalue weighted by molar-refractivity contribution is -0.126. The van der Waals surface area contributed by atoms with Crippen LogP contribution >= 0.6 is 0 Å². The molecule has 1 saturated heterocycles. The average molecular weight is 444 g/mol. The fraction of sp³-hybridized carbons (Fsp3) is 0.391. The van der Waals surface area contributed by atoms with Gasteiger partial charge >= 0.3 is 0 Å². The summed E-state index contributed by atoms with van der Waals surface area (Å²) in [4.78, 5) is 27.3. The van der Waals surface area contributed by atoms with Gasteiger partial charge in [-0.3, -0.25) is 14.3 Å². The quantitative estimate of drug-likeness (QED) is 0.687.